The number of aromatic nitrogens is 5. The molecular formula is C9H14N8O2. The number of nitrogens with two attached hydrogens (primary N) is 1. The second-order valence-electron chi connectivity index (χ2n) is 3.37. The lowest BCUT2D eigenvalue weighted by Crippen LogP contribution is -2.15. The van der Waals surface area contributed by atoms with Gasteiger partial charge < -0.3 is 14.6 Å². The molecule has 2 rings (SSSR count). The monoisotopic (exact) mass is 266 g/mol. The third kappa shape index (κ3) is 3.74. The van der Waals surface area contributed by atoms with Gasteiger partial charge in [-0.15, -0.1) is 0 Å². The Hall–Kier alpha value is -2.49. The maximum Gasteiger partial charge on any atom is 0.323 e. The summed E-state index contributed by atoms with van der Waals surface area (Å²) in [4.78, 5) is 16.0. The van der Waals surface area contributed by atoms with E-state index in [4.69, 9.17) is 10.6 Å². The molecule has 0 fully saturated rings. The van der Waals surface area contributed by atoms with Gasteiger partial charge in [0.2, 0.25) is 18.3 Å². The van der Waals surface area contributed by atoms with E-state index in [1.165, 1.54) is 6.39 Å². The van der Waals surface area contributed by atoms with Gasteiger partial charge in [0, 0.05) is 13.0 Å². The molecule has 4 N–H and O–H groups in total. The van der Waals surface area contributed by atoms with Crippen molar-refractivity contribution < 1.29 is 9.26 Å². The van der Waals surface area contributed by atoms with Gasteiger partial charge in [0.15, 0.2) is 5.82 Å². The highest BCUT2D eigenvalue weighted by Crippen LogP contribution is 2.10. The fourth-order valence-electron chi connectivity index (χ4n) is 1.28. The van der Waals surface area contributed by atoms with Gasteiger partial charge in [0.1, 0.15) is 0 Å². The number of nitrogen functional groups attached to an aromatic ring is 1. The summed E-state index contributed by atoms with van der Waals surface area (Å²) < 4.78 is 9.83. The molecule has 10 heteroatoms. The van der Waals surface area contributed by atoms with Crippen LogP contribution in [-0.4, -0.2) is 38.2 Å². The van der Waals surface area contributed by atoms with Crippen LogP contribution in [0, 0.1) is 0 Å². The van der Waals surface area contributed by atoms with Gasteiger partial charge >= 0.3 is 6.01 Å². The number of nitrogens with one attached hydrogen (secondary N) is 2. The van der Waals surface area contributed by atoms with E-state index >= 15 is 0 Å². The van der Waals surface area contributed by atoms with Crippen LogP contribution in [0.5, 0.6) is 6.01 Å². The summed E-state index contributed by atoms with van der Waals surface area (Å²) in [6, 6.07) is 0.201. The Bertz CT molecular complexity index is 503. The molecule has 0 saturated heterocycles. The van der Waals surface area contributed by atoms with E-state index in [-0.39, 0.29) is 12.0 Å². The van der Waals surface area contributed by atoms with Gasteiger partial charge in [0.05, 0.1) is 6.61 Å². The van der Waals surface area contributed by atoms with E-state index in [9.17, 15) is 0 Å². The first kappa shape index (κ1) is 13.0. The molecule has 0 amide bonds. The van der Waals surface area contributed by atoms with Crippen LogP contribution in [0.2, 0.25) is 0 Å². The van der Waals surface area contributed by atoms with Gasteiger partial charge in [0.25, 0.3) is 0 Å². The molecule has 19 heavy (non-hydrogen) atoms. The van der Waals surface area contributed by atoms with Crippen molar-refractivity contribution in [1.82, 2.24) is 25.1 Å². The lowest BCUT2D eigenvalue weighted by Gasteiger charge is -2.07. The summed E-state index contributed by atoms with van der Waals surface area (Å²) in [5.41, 5.74) is 2.35. The van der Waals surface area contributed by atoms with E-state index in [0.717, 1.165) is 0 Å². The predicted octanol–water partition coefficient (Wildman–Crippen LogP) is -0.406. The molecule has 0 atom stereocenters. The Morgan fingerprint density at radius 3 is 2.84 bits per heavy atom. The summed E-state index contributed by atoms with van der Waals surface area (Å²) >= 11 is 0. The third-order valence-corrected chi connectivity index (χ3v) is 2.06. The summed E-state index contributed by atoms with van der Waals surface area (Å²) in [7, 11) is 0. The van der Waals surface area contributed by atoms with Crippen molar-refractivity contribution in [3.63, 3.8) is 0 Å². The lowest BCUT2D eigenvalue weighted by molar-refractivity contribution is 0.312. The molecule has 0 aliphatic rings. The van der Waals surface area contributed by atoms with E-state index < -0.39 is 0 Å². The fraction of sp³-hybridized carbons (Fsp3) is 0.444. The average Bonchev–Trinajstić information content (AvgIpc) is 2.92. The first-order valence-electron chi connectivity index (χ1n) is 5.66. The molecule has 2 aromatic rings. The first-order valence-corrected chi connectivity index (χ1v) is 5.66. The molecule has 10 nitrogen and oxygen atoms in total. The van der Waals surface area contributed by atoms with Crippen molar-refractivity contribution >= 4 is 11.9 Å². The summed E-state index contributed by atoms with van der Waals surface area (Å²) in [5.74, 6) is 6.45. The molecule has 0 radical (unpaired) electrons. The minimum Gasteiger partial charge on any atom is -0.464 e. The summed E-state index contributed by atoms with van der Waals surface area (Å²) in [6.07, 6.45) is 1.86. The highest BCUT2D eigenvalue weighted by Gasteiger charge is 2.06. The van der Waals surface area contributed by atoms with Crippen molar-refractivity contribution in [1.29, 1.82) is 0 Å². The third-order valence-electron chi connectivity index (χ3n) is 2.06. The molecule has 2 aromatic heterocycles. The van der Waals surface area contributed by atoms with Gasteiger partial charge in [-0.2, -0.15) is 19.9 Å². The number of hydrogen-bond acceptors (Lipinski definition) is 10. The van der Waals surface area contributed by atoms with Crippen LogP contribution in [0.25, 0.3) is 0 Å². The van der Waals surface area contributed by atoms with Gasteiger partial charge in [-0.3, -0.25) is 5.43 Å². The Morgan fingerprint density at radius 1 is 1.32 bits per heavy atom. The molecule has 0 saturated carbocycles. The zero-order valence-electron chi connectivity index (χ0n) is 10.3. The minimum atomic E-state index is 0.201. The number of hydrogen-bond donors (Lipinski definition) is 3. The largest absolute Gasteiger partial charge is 0.464 e. The van der Waals surface area contributed by atoms with E-state index in [1.807, 2.05) is 6.92 Å². The number of hydrazine groups is 1. The molecule has 102 valence electrons. The van der Waals surface area contributed by atoms with Crippen molar-refractivity contribution in [2.45, 2.75) is 13.3 Å². The number of anilines is 2. The minimum absolute atomic E-state index is 0.201. The first-order chi connectivity index (χ1) is 9.31. The summed E-state index contributed by atoms with van der Waals surface area (Å²) in [5, 5.41) is 6.69. The van der Waals surface area contributed by atoms with Crippen molar-refractivity contribution in [3.8, 4) is 6.01 Å². The van der Waals surface area contributed by atoms with Crippen LogP contribution in [0.15, 0.2) is 10.9 Å². The quantitative estimate of drug-likeness (QED) is 0.448. The lowest BCUT2D eigenvalue weighted by atomic mass is 10.4. The van der Waals surface area contributed by atoms with E-state index in [1.54, 1.807) is 0 Å². The molecule has 0 bridgehead atoms. The maximum atomic E-state index is 5.27. The average molecular weight is 266 g/mol. The number of nitrogens with zero attached hydrogens (tertiary/aromatic N) is 5. The molecule has 0 spiro atoms. The van der Waals surface area contributed by atoms with Crippen LogP contribution >= 0.6 is 0 Å². The molecule has 0 aliphatic carbocycles. The molecule has 0 aliphatic heterocycles. The molecule has 0 unspecified atom stereocenters. The predicted molar refractivity (Wildman–Crippen MR) is 65.3 cm³/mol. The van der Waals surface area contributed by atoms with Gasteiger partial charge in [-0.05, 0) is 6.92 Å². The fourth-order valence-corrected chi connectivity index (χ4v) is 1.28. The number of ether oxygens (including phenoxy) is 1. The van der Waals surface area contributed by atoms with Crippen molar-refractivity contribution in [2.24, 2.45) is 5.84 Å². The van der Waals surface area contributed by atoms with Crippen LogP contribution in [-0.2, 0) is 6.42 Å². The van der Waals surface area contributed by atoms with Crippen LogP contribution in [0.1, 0.15) is 12.7 Å². The van der Waals surface area contributed by atoms with Gasteiger partial charge in [-0.25, -0.2) is 5.84 Å². The molecule has 2 heterocycles. The second-order valence-corrected chi connectivity index (χ2v) is 3.37. The van der Waals surface area contributed by atoms with E-state index in [2.05, 4.69) is 40.4 Å². The Labute approximate surface area is 108 Å². The topological polar surface area (TPSA) is 137 Å². The normalized spacial score (nSPS) is 10.2. The Balaban J connectivity index is 1.96. The zero-order valence-corrected chi connectivity index (χ0v) is 10.3. The van der Waals surface area contributed by atoms with E-state index in [0.29, 0.717) is 31.3 Å². The zero-order chi connectivity index (χ0) is 13.5. The highest BCUT2D eigenvalue weighted by molar-refractivity contribution is 5.34. The van der Waals surface area contributed by atoms with Crippen LogP contribution in [0.3, 0.4) is 0 Å². The maximum absolute atomic E-state index is 5.27. The Kier molecular flexibility index (Phi) is 4.39. The van der Waals surface area contributed by atoms with Gasteiger partial charge in [-0.1, -0.05) is 5.16 Å². The number of rotatable bonds is 7. The standard InChI is InChI=1S/C9H14N8O2/c1-2-18-9-14-7(13-8(15-9)16-10)11-4-3-6-12-5-19-17-6/h5H,2-4,10H2,1H3,(H2,11,13,14,15,16). The summed E-state index contributed by atoms with van der Waals surface area (Å²) in [6.45, 7) is 2.83. The van der Waals surface area contributed by atoms with Crippen molar-refractivity contribution in [3.05, 3.63) is 12.2 Å². The smallest absolute Gasteiger partial charge is 0.323 e. The SMILES string of the molecule is CCOc1nc(NN)nc(NCCc2ncon2)n1. The second kappa shape index (κ2) is 6.44. The van der Waals surface area contributed by atoms with Crippen LogP contribution in [0.4, 0.5) is 11.9 Å². The highest BCUT2D eigenvalue weighted by atomic mass is 16.5. The molecular weight excluding hydrogens is 252 g/mol. The molecule has 0 aromatic carbocycles. The van der Waals surface area contributed by atoms with Crippen molar-refractivity contribution in [2.75, 3.05) is 23.9 Å². The van der Waals surface area contributed by atoms with Crippen LogP contribution < -0.4 is 21.3 Å². The Morgan fingerprint density at radius 2 is 2.16 bits per heavy atom.